The highest BCUT2D eigenvalue weighted by Crippen LogP contribution is 2.37. The van der Waals surface area contributed by atoms with Crippen LogP contribution in [0.3, 0.4) is 0 Å². The van der Waals surface area contributed by atoms with Crippen LogP contribution in [0.25, 0.3) is 0 Å². The lowest BCUT2D eigenvalue weighted by molar-refractivity contribution is -0.138. The smallest absolute Gasteiger partial charge is 0.312 e. The first-order chi connectivity index (χ1) is 11.5. The number of carbonyl (C=O) groups excluding carboxylic acids is 1. The highest BCUT2D eigenvalue weighted by atomic mass is 35.5. The first-order valence-corrected chi connectivity index (χ1v) is 8.22. The number of carboxylic acid groups (broad SMARTS) is 1. The Morgan fingerprint density at radius 1 is 1.25 bits per heavy atom. The van der Waals surface area contributed by atoms with Gasteiger partial charge in [-0.25, -0.2) is 0 Å². The van der Waals surface area contributed by atoms with E-state index in [4.69, 9.17) is 11.6 Å². The molecular weight excluding hydrogens is 326 g/mol. The van der Waals surface area contributed by atoms with Gasteiger partial charge in [0.25, 0.3) is 0 Å². The average molecular weight is 344 g/mol. The van der Waals surface area contributed by atoms with E-state index < -0.39 is 11.9 Å². The van der Waals surface area contributed by atoms with Gasteiger partial charge in [-0.1, -0.05) is 48.9 Å². The molecule has 0 aliphatic carbocycles. The maximum Gasteiger partial charge on any atom is 0.312 e. The number of rotatable bonds is 4. The molecule has 0 bridgehead atoms. The zero-order chi connectivity index (χ0) is 17.3. The van der Waals surface area contributed by atoms with Gasteiger partial charge in [0, 0.05) is 23.2 Å². The second-order valence-corrected chi connectivity index (χ2v) is 6.57. The molecule has 0 aromatic heterocycles. The SMILES string of the molecule is CC(Cc1cccc(Cl)c1)C(=O)N1CC(C(=O)O)c2ccccc21. The fourth-order valence-corrected chi connectivity index (χ4v) is 3.41. The molecule has 1 heterocycles. The zero-order valence-corrected chi connectivity index (χ0v) is 14.0. The van der Waals surface area contributed by atoms with E-state index in [-0.39, 0.29) is 18.4 Å². The summed E-state index contributed by atoms with van der Waals surface area (Å²) >= 11 is 6.00. The quantitative estimate of drug-likeness (QED) is 0.920. The molecule has 1 aliphatic heterocycles. The lowest BCUT2D eigenvalue weighted by Gasteiger charge is -2.22. The molecule has 2 aromatic rings. The van der Waals surface area contributed by atoms with Gasteiger partial charge in [-0.05, 0) is 35.7 Å². The van der Waals surface area contributed by atoms with E-state index in [1.165, 1.54) is 0 Å². The van der Waals surface area contributed by atoms with Crippen molar-refractivity contribution in [1.29, 1.82) is 0 Å². The molecule has 2 unspecified atom stereocenters. The van der Waals surface area contributed by atoms with Gasteiger partial charge in [0.05, 0.1) is 0 Å². The van der Waals surface area contributed by atoms with Crippen molar-refractivity contribution in [2.24, 2.45) is 5.92 Å². The standard InChI is InChI=1S/C19H18ClNO3/c1-12(9-13-5-4-6-14(20)10-13)18(22)21-11-16(19(23)24)15-7-2-3-8-17(15)21/h2-8,10,12,16H,9,11H2,1H3,(H,23,24). The van der Waals surface area contributed by atoms with Crippen LogP contribution in [0.5, 0.6) is 0 Å². The number of hydrogen-bond acceptors (Lipinski definition) is 2. The number of carbonyl (C=O) groups is 2. The lowest BCUT2D eigenvalue weighted by atomic mass is 10.00. The second-order valence-electron chi connectivity index (χ2n) is 6.13. The Morgan fingerprint density at radius 3 is 2.71 bits per heavy atom. The van der Waals surface area contributed by atoms with E-state index in [0.29, 0.717) is 22.7 Å². The molecule has 1 aliphatic rings. The molecule has 1 N–H and O–H groups in total. The van der Waals surface area contributed by atoms with Crippen molar-refractivity contribution in [3.05, 3.63) is 64.7 Å². The third-order valence-electron chi connectivity index (χ3n) is 4.38. The van der Waals surface area contributed by atoms with Crippen molar-refractivity contribution in [2.45, 2.75) is 19.3 Å². The molecule has 24 heavy (non-hydrogen) atoms. The molecule has 2 atom stereocenters. The highest BCUT2D eigenvalue weighted by molar-refractivity contribution is 6.30. The summed E-state index contributed by atoms with van der Waals surface area (Å²) in [6.07, 6.45) is 0.565. The van der Waals surface area contributed by atoms with Crippen LogP contribution in [0, 0.1) is 5.92 Å². The summed E-state index contributed by atoms with van der Waals surface area (Å²) < 4.78 is 0. The summed E-state index contributed by atoms with van der Waals surface area (Å²) in [6, 6.07) is 14.7. The molecule has 5 heteroatoms. The Kier molecular flexibility index (Phi) is 4.58. The minimum absolute atomic E-state index is 0.0637. The second kappa shape index (κ2) is 6.65. The van der Waals surface area contributed by atoms with Crippen molar-refractivity contribution < 1.29 is 14.7 Å². The van der Waals surface area contributed by atoms with Crippen molar-refractivity contribution >= 4 is 29.2 Å². The minimum atomic E-state index is -0.903. The van der Waals surface area contributed by atoms with Crippen LogP contribution in [-0.2, 0) is 16.0 Å². The molecule has 1 amide bonds. The lowest BCUT2D eigenvalue weighted by Crippen LogP contribution is -2.36. The monoisotopic (exact) mass is 343 g/mol. The molecule has 0 spiro atoms. The van der Waals surface area contributed by atoms with Crippen LogP contribution < -0.4 is 4.90 Å². The number of carboxylic acids is 1. The van der Waals surface area contributed by atoms with E-state index in [0.717, 1.165) is 5.56 Å². The maximum atomic E-state index is 12.9. The zero-order valence-electron chi connectivity index (χ0n) is 13.3. The van der Waals surface area contributed by atoms with E-state index in [9.17, 15) is 14.7 Å². The average Bonchev–Trinajstić information content (AvgIpc) is 2.94. The fraction of sp³-hybridized carbons (Fsp3) is 0.263. The van der Waals surface area contributed by atoms with Crippen LogP contribution in [-0.4, -0.2) is 23.5 Å². The molecular formula is C19H18ClNO3. The van der Waals surface area contributed by atoms with E-state index in [1.807, 2.05) is 37.3 Å². The molecule has 124 valence electrons. The third-order valence-corrected chi connectivity index (χ3v) is 4.62. The summed E-state index contributed by atoms with van der Waals surface area (Å²) in [5.41, 5.74) is 2.40. The number of para-hydroxylation sites is 1. The van der Waals surface area contributed by atoms with Crippen LogP contribution in [0.4, 0.5) is 5.69 Å². The summed E-state index contributed by atoms with van der Waals surface area (Å²) in [4.78, 5) is 25.9. The third kappa shape index (κ3) is 3.15. The Balaban J connectivity index is 1.81. The normalized spacial score (nSPS) is 17.4. The van der Waals surface area contributed by atoms with Gasteiger partial charge in [-0.3, -0.25) is 9.59 Å². The number of halogens is 1. The number of benzene rings is 2. The van der Waals surface area contributed by atoms with E-state index in [1.54, 1.807) is 23.1 Å². The Morgan fingerprint density at radius 2 is 2.00 bits per heavy atom. The highest BCUT2D eigenvalue weighted by Gasteiger charge is 2.37. The molecule has 4 nitrogen and oxygen atoms in total. The van der Waals surface area contributed by atoms with E-state index >= 15 is 0 Å². The first kappa shape index (κ1) is 16.5. The minimum Gasteiger partial charge on any atom is -0.481 e. The predicted octanol–water partition coefficient (Wildman–Crippen LogP) is 3.73. The van der Waals surface area contributed by atoms with Crippen molar-refractivity contribution in [3.8, 4) is 0 Å². The number of hydrogen-bond donors (Lipinski definition) is 1. The topological polar surface area (TPSA) is 57.6 Å². The summed E-state index contributed by atoms with van der Waals surface area (Å²) in [5, 5.41) is 10.1. The number of amides is 1. The maximum absolute atomic E-state index is 12.9. The van der Waals surface area contributed by atoms with Gasteiger partial charge in [-0.15, -0.1) is 0 Å². The van der Waals surface area contributed by atoms with Gasteiger partial charge < -0.3 is 10.0 Å². The van der Waals surface area contributed by atoms with E-state index in [2.05, 4.69) is 0 Å². The fourth-order valence-electron chi connectivity index (χ4n) is 3.20. The first-order valence-electron chi connectivity index (χ1n) is 7.85. The van der Waals surface area contributed by atoms with Gasteiger partial charge >= 0.3 is 5.97 Å². The Labute approximate surface area is 145 Å². The van der Waals surface area contributed by atoms with Crippen LogP contribution in [0.2, 0.25) is 5.02 Å². The van der Waals surface area contributed by atoms with Gasteiger partial charge in [-0.2, -0.15) is 0 Å². The van der Waals surface area contributed by atoms with Gasteiger partial charge in [0.2, 0.25) is 5.91 Å². The molecule has 0 saturated carbocycles. The largest absolute Gasteiger partial charge is 0.481 e. The van der Waals surface area contributed by atoms with Crippen LogP contribution >= 0.6 is 11.6 Å². The predicted molar refractivity (Wildman–Crippen MR) is 93.5 cm³/mol. The van der Waals surface area contributed by atoms with Crippen LogP contribution in [0.1, 0.15) is 24.0 Å². The molecule has 2 aromatic carbocycles. The van der Waals surface area contributed by atoms with Crippen molar-refractivity contribution in [1.82, 2.24) is 0 Å². The Hall–Kier alpha value is -2.33. The number of nitrogens with zero attached hydrogens (tertiary/aromatic N) is 1. The number of aliphatic carboxylic acids is 1. The Bertz CT molecular complexity index is 790. The summed E-state index contributed by atoms with van der Waals surface area (Å²) in [5.74, 6) is -1.89. The summed E-state index contributed by atoms with van der Waals surface area (Å²) in [7, 11) is 0. The van der Waals surface area contributed by atoms with Gasteiger partial charge in [0.15, 0.2) is 0 Å². The molecule has 3 rings (SSSR count). The van der Waals surface area contributed by atoms with Gasteiger partial charge in [0.1, 0.15) is 5.92 Å². The molecule has 0 saturated heterocycles. The molecule has 0 radical (unpaired) electrons. The van der Waals surface area contributed by atoms with Crippen molar-refractivity contribution in [2.75, 3.05) is 11.4 Å². The van der Waals surface area contributed by atoms with Crippen LogP contribution in [0.15, 0.2) is 48.5 Å². The number of anilines is 1. The van der Waals surface area contributed by atoms with Crippen molar-refractivity contribution in [3.63, 3.8) is 0 Å². The number of fused-ring (bicyclic) bond motifs is 1. The molecule has 0 fully saturated rings. The summed E-state index contributed by atoms with van der Waals surface area (Å²) in [6.45, 7) is 2.05.